The van der Waals surface area contributed by atoms with Crippen molar-refractivity contribution in [3.63, 3.8) is 0 Å². The topological polar surface area (TPSA) is 60.6 Å². The molecule has 1 fully saturated rings. The second kappa shape index (κ2) is 5.52. The van der Waals surface area contributed by atoms with Gasteiger partial charge >= 0.3 is 0 Å². The van der Waals surface area contributed by atoms with Gasteiger partial charge in [0.25, 0.3) is 0 Å². The van der Waals surface area contributed by atoms with Gasteiger partial charge in [0, 0.05) is 19.1 Å². The summed E-state index contributed by atoms with van der Waals surface area (Å²) in [6.07, 6.45) is 9.50. The molecule has 0 unspecified atom stereocenters. The van der Waals surface area contributed by atoms with Gasteiger partial charge in [-0.1, -0.05) is 12.1 Å². The molecule has 1 N–H and O–H groups in total. The van der Waals surface area contributed by atoms with Gasteiger partial charge in [-0.15, -0.1) is 5.10 Å². The zero-order valence-corrected chi connectivity index (χ0v) is 11.3. The molecule has 0 spiro atoms. The molecule has 0 bridgehead atoms. The maximum atomic E-state index is 4.20. The SMILES string of the molecule is CCCn1cncc1Cn1cc(CNC2CC2)nn1. The molecule has 0 aromatic carbocycles. The summed E-state index contributed by atoms with van der Waals surface area (Å²) in [7, 11) is 0. The second-order valence-corrected chi connectivity index (χ2v) is 5.14. The third-order valence-corrected chi connectivity index (χ3v) is 3.32. The van der Waals surface area contributed by atoms with E-state index in [9.17, 15) is 0 Å². The van der Waals surface area contributed by atoms with Gasteiger partial charge in [0.2, 0.25) is 0 Å². The Morgan fingerprint density at radius 1 is 1.42 bits per heavy atom. The Morgan fingerprint density at radius 3 is 3.11 bits per heavy atom. The van der Waals surface area contributed by atoms with Gasteiger partial charge in [0.05, 0.1) is 36.7 Å². The fourth-order valence-electron chi connectivity index (χ4n) is 2.12. The first kappa shape index (κ1) is 12.3. The van der Waals surface area contributed by atoms with E-state index in [1.165, 1.54) is 18.5 Å². The number of imidazole rings is 1. The highest BCUT2D eigenvalue weighted by Crippen LogP contribution is 2.18. The van der Waals surface area contributed by atoms with Crippen LogP contribution in [0.5, 0.6) is 0 Å². The molecule has 0 amide bonds. The Labute approximate surface area is 112 Å². The summed E-state index contributed by atoms with van der Waals surface area (Å²) >= 11 is 0. The zero-order valence-electron chi connectivity index (χ0n) is 11.3. The molecular formula is C13H20N6. The molecule has 1 aliphatic rings. The van der Waals surface area contributed by atoms with Gasteiger partial charge in [-0.05, 0) is 19.3 Å². The van der Waals surface area contributed by atoms with Crippen molar-refractivity contribution in [2.24, 2.45) is 0 Å². The van der Waals surface area contributed by atoms with Crippen molar-refractivity contribution >= 4 is 0 Å². The molecule has 2 heterocycles. The molecule has 3 rings (SSSR count). The van der Waals surface area contributed by atoms with E-state index in [2.05, 4.69) is 32.1 Å². The van der Waals surface area contributed by atoms with Crippen LogP contribution in [0.15, 0.2) is 18.7 Å². The number of nitrogens with zero attached hydrogens (tertiary/aromatic N) is 5. The van der Waals surface area contributed by atoms with Gasteiger partial charge in [-0.2, -0.15) is 0 Å². The molecule has 102 valence electrons. The number of rotatable bonds is 7. The van der Waals surface area contributed by atoms with Crippen LogP contribution in [0.4, 0.5) is 0 Å². The number of hydrogen-bond donors (Lipinski definition) is 1. The van der Waals surface area contributed by atoms with Crippen LogP contribution in [0, 0.1) is 0 Å². The first-order valence-corrected chi connectivity index (χ1v) is 6.96. The van der Waals surface area contributed by atoms with Crippen LogP contribution in [0.25, 0.3) is 0 Å². The van der Waals surface area contributed by atoms with Crippen molar-refractivity contribution in [3.05, 3.63) is 30.1 Å². The molecular weight excluding hydrogens is 240 g/mol. The van der Waals surface area contributed by atoms with E-state index >= 15 is 0 Å². The molecule has 2 aromatic rings. The van der Waals surface area contributed by atoms with Gasteiger partial charge in [0.1, 0.15) is 0 Å². The predicted molar refractivity (Wildman–Crippen MR) is 71.5 cm³/mol. The van der Waals surface area contributed by atoms with Crippen molar-refractivity contribution in [3.8, 4) is 0 Å². The molecule has 2 aromatic heterocycles. The van der Waals surface area contributed by atoms with Crippen molar-refractivity contribution in [1.82, 2.24) is 29.9 Å². The maximum absolute atomic E-state index is 4.20. The summed E-state index contributed by atoms with van der Waals surface area (Å²) in [5.74, 6) is 0. The Balaban J connectivity index is 1.60. The minimum atomic E-state index is 0.705. The van der Waals surface area contributed by atoms with Crippen LogP contribution in [0.1, 0.15) is 37.6 Å². The molecule has 1 aliphatic carbocycles. The fourth-order valence-corrected chi connectivity index (χ4v) is 2.12. The first-order valence-electron chi connectivity index (χ1n) is 6.96. The smallest absolute Gasteiger partial charge is 0.0965 e. The normalized spacial score (nSPS) is 15.0. The summed E-state index contributed by atoms with van der Waals surface area (Å²) in [5, 5.41) is 11.8. The highest BCUT2D eigenvalue weighted by Gasteiger charge is 2.20. The van der Waals surface area contributed by atoms with Crippen molar-refractivity contribution < 1.29 is 0 Å². The lowest BCUT2D eigenvalue weighted by Crippen LogP contribution is -2.15. The number of nitrogens with one attached hydrogen (secondary N) is 1. The number of aromatic nitrogens is 5. The van der Waals surface area contributed by atoms with Gasteiger partial charge < -0.3 is 9.88 Å². The quantitative estimate of drug-likeness (QED) is 0.812. The standard InChI is InChI=1S/C13H20N6/c1-2-5-18-10-14-7-13(18)9-19-8-12(16-17-19)6-15-11-3-4-11/h7-8,10-11,15H,2-6,9H2,1H3. The van der Waals surface area contributed by atoms with Crippen LogP contribution in [0.3, 0.4) is 0 Å². The van der Waals surface area contributed by atoms with E-state index in [0.29, 0.717) is 6.04 Å². The Hall–Kier alpha value is -1.69. The number of hydrogen-bond acceptors (Lipinski definition) is 4. The van der Waals surface area contributed by atoms with E-state index < -0.39 is 0 Å². The average molecular weight is 260 g/mol. The molecule has 0 saturated heterocycles. The van der Waals surface area contributed by atoms with E-state index in [1.807, 2.05) is 23.4 Å². The van der Waals surface area contributed by atoms with Crippen molar-refractivity contribution in [1.29, 1.82) is 0 Å². The number of aryl methyl sites for hydroxylation is 1. The molecule has 19 heavy (non-hydrogen) atoms. The zero-order chi connectivity index (χ0) is 13.1. The fraction of sp³-hybridized carbons (Fsp3) is 0.615. The van der Waals surface area contributed by atoms with E-state index in [1.54, 1.807) is 0 Å². The van der Waals surface area contributed by atoms with Crippen molar-refractivity contribution in [2.45, 2.75) is 51.9 Å². The van der Waals surface area contributed by atoms with Crippen LogP contribution in [-0.4, -0.2) is 30.6 Å². The monoisotopic (exact) mass is 260 g/mol. The summed E-state index contributed by atoms with van der Waals surface area (Å²) in [6, 6.07) is 0.705. The van der Waals surface area contributed by atoms with Crippen LogP contribution >= 0.6 is 0 Å². The Morgan fingerprint density at radius 2 is 2.32 bits per heavy atom. The molecule has 0 atom stereocenters. The molecule has 0 radical (unpaired) electrons. The lowest BCUT2D eigenvalue weighted by molar-refractivity contribution is 0.583. The predicted octanol–water partition coefficient (Wildman–Crippen LogP) is 1.18. The van der Waals surface area contributed by atoms with Crippen LogP contribution < -0.4 is 5.32 Å². The Kier molecular flexibility index (Phi) is 3.59. The highest BCUT2D eigenvalue weighted by molar-refractivity contribution is 5.01. The minimum Gasteiger partial charge on any atom is -0.333 e. The third-order valence-electron chi connectivity index (χ3n) is 3.32. The second-order valence-electron chi connectivity index (χ2n) is 5.14. The van der Waals surface area contributed by atoms with E-state index in [4.69, 9.17) is 0 Å². The Bertz CT molecular complexity index is 525. The lowest BCUT2D eigenvalue weighted by Gasteiger charge is -2.05. The average Bonchev–Trinajstić information content (AvgIpc) is 2.98. The van der Waals surface area contributed by atoms with Crippen molar-refractivity contribution in [2.75, 3.05) is 0 Å². The molecule has 1 saturated carbocycles. The highest BCUT2D eigenvalue weighted by atomic mass is 15.4. The van der Waals surface area contributed by atoms with Gasteiger partial charge in [-0.3, -0.25) is 0 Å². The van der Waals surface area contributed by atoms with Gasteiger partial charge in [-0.25, -0.2) is 9.67 Å². The largest absolute Gasteiger partial charge is 0.333 e. The van der Waals surface area contributed by atoms with Crippen LogP contribution in [0.2, 0.25) is 0 Å². The van der Waals surface area contributed by atoms with Crippen LogP contribution in [-0.2, 0) is 19.6 Å². The van der Waals surface area contributed by atoms with Gasteiger partial charge in [0.15, 0.2) is 0 Å². The molecule has 6 heteroatoms. The summed E-state index contributed by atoms with van der Waals surface area (Å²) < 4.78 is 4.05. The third kappa shape index (κ3) is 3.20. The molecule has 6 nitrogen and oxygen atoms in total. The maximum Gasteiger partial charge on any atom is 0.0965 e. The first-order chi connectivity index (χ1) is 9.35. The van der Waals surface area contributed by atoms with E-state index in [-0.39, 0.29) is 0 Å². The molecule has 0 aliphatic heterocycles. The van der Waals surface area contributed by atoms with E-state index in [0.717, 1.165) is 31.7 Å². The minimum absolute atomic E-state index is 0.705. The summed E-state index contributed by atoms with van der Waals surface area (Å²) in [6.45, 7) is 4.72. The lowest BCUT2D eigenvalue weighted by atomic mass is 10.4. The summed E-state index contributed by atoms with van der Waals surface area (Å²) in [4.78, 5) is 4.20. The summed E-state index contributed by atoms with van der Waals surface area (Å²) in [5.41, 5.74) is 2.18.